The molecular formula is C14H16FN3OS. The van der Waals surface area contributed by atoms with E-state index in [4.69, 9.17) is 5.73 Å². The van der Waals surface area contributed by atoms with Gasteiger partial charge in [0.1, 0.15) is 5.82 Å². The Hall–Kier alpha value is -1.66. The van der Waals surface area contributed by atoms with Gasteiger partial charge in [-0.3, -0.25) is 4.79 Å². The lowest BCUT2D eigenvalue weighted by atomic mass is 10.1. The van der Waals surface area contributed by atoms with Crippen LogP contribution in [-0.2, 0) is 0 Å². The van der Waals surface area contributed by atoms with E-state index in [1.807, 2.05) is 0 Å². The maximum absolute atomic E-state index is 13.6. The van der Waals surface area contributed by atoms with E-state index in [2.05, 4.69) is 9.97 Å². The molecule has 6 heteroatoms. The van der Waals surface area contributed by atoms with Crippen molar-refractivity contribution in [1.82, 2.24) is 9.97 Å². The molecule has 1 heterocycles. The first-order valence-corrected chi connectivity index (χ1v) is 7.00. The molecule has 1 atom stereocenters. The Morgan fingerprint density at radius 2 is 2.05 bits per heavy atom. The van der Waals surface area contributed by atoms with Crippen LogP contribution in [-0.4, -0.2) is 9.97 Å². The summed E-state index contributed by atoms with van der Waals surface area (Å²) in [5.74, 6) is -0.285. The summed E-state index contributed by atoms with van der Waals surface area (Å²) in [5.41, 5.74) is 7.53. The molecule has 20 heavy (non-hydrogen) atoms. The second-order valence-corrected chi connectivity index (χ2v) is 5.75. The number of nitrogens with one attached hydrogen (secondary N) is 1. The Kier molecular flexibility index (Phi) is 4.25. The average Bonchev–Trinajstić information content (AvgIpc) is 2.31. The molecule has 0 aliphatic carbocycles. The number of benzene rings is 1. The third-order valence-corrected chi connectivity index (χ3v) is 3.80. The van der Waals surface area contributed by atoms with E-state index in [1.165, 1.54) is 23.9 Å². The summed E-state index contributed by atoms with van der Waals surface area (Å²) in [7, 11) is 0. The molecule has 2 aromatic rings. The van der Waals surface area contributed by atoms with Crippen LogP contribution in [0.15, 0.2) is 33.0 Å². The number of aromatic amines is 1. The Bertz CT molecular complexity index is 697. The SMILES string of the molecule is Cc1cc(=O)[nH]c(Sc2cc(C)c(F)cc2[C@@H](C)N)n1. The van der Waals surface area contributed by atoms with Crippen LogP contribution in [0.4, 0.5) is 4.39 Å². The van der Waals surface area contributed by atoms with E-state index < -0.39 is 0 Å². The predicted molar refractivity (Wildman–Crippen MR) is 77.5 cm³/mol. The fourth-order valence-corrected chi connectivity index (χ4v) is 2.97. The molecule has 4 nitrogen and oxygen atoms in total. The normalized spacial score (nSPS) is 12.4. The number of rotatable bonds is 3. The number of aromatic nitrogens is 2. The maximum Gasteiger partial charge on any atom is 0.251 e. The van der Waals surface area contributed by atoms with Crippen molar-refractivity contribution < 1.29 is 4.39 Å². The first-order valence-electron chi connectivity index (χ1n) is 6.18. The Morgan fingerprint density at radius 3 is 2.65 bits per heavy atom. The fourth-order valence-electron chi connectivity index (χ4n) is 1.82. The highest BCUT2D eigenvalue weighted by atomic mass is 32.2. The molecule has 0 bridgehead atoms. The monoisotopic (exact) mass is 293 g/mol. The van der Waals surface area contributed by atoms with Crippen LogP contribution in [0.3, 0.4) is 0 Å². The minimum absolute atomic E-state index is 0.207. The zero-order valence-electron chi connectivity index (χ0n) is 11.5. The molecule has 0 fully saturated rings. The van der Waals surface area contributed by atoms with E-state index in [1.54, 1.807) is 26.8 Å². The smallest absolute Gasteiger partial charge is 0.251 e. The summed E-state index contributed by atoms with van der Waals surface area (Å²) in [6, 6.07) is 4.29. The molecule has 0 spiro atoms. The van der Waals surface area contributed by atoms with Gasteiger partial charge >= 0.3 is 0 Å². The fraction of sp³-hybridized carbons (Fsp3) is 0.286. The van der Waals surface area contributed by atoms with Gasteiger partial charge in [-0.15, -0.1) is 0 Å². The number of halogens is 1. The van der Waals surface area contributed by atoms with Crippen LogP contribution in [0, 0.1) is 19.7 Å². The quantitative estimate of drug-likeness (QED) is 0.854. The van der Waals surface area contributed by atoms with Gasteiger partial charge in [-0.1, -0.05) is 11.8 Å². The van der Waals surface area contributed by atoms with E-state index in [9.17, 15) is 9.18 Å². The topological polar surface area (TPSA) is 71.8 Å². The third-order valence-electron chi connectivity index (χ3n) is 2.84. The van der Waals surface area contributed by atoms with Crippen LogP contribution in [0.25, 0.3) is 0 Å². The first kappa shape index (κ1) is 14.7. The van der Waals surface area contributed by atoms with Crippen molar-refractivity contribution in [2.45, 2.75) is 36.9 Å². The number of H-pyrrole nitrogens is 1. The van der Waals surface area contributed by atoms with E-state index in [0.717, 1.165) is 4.90 Å². The van der Waals surface area contributed by atoms with Gasteiger partial charge in [-0.05, 0) is 44.0 Å². The Balaban J connectivity index is 2.47. The highest BCUT2D eigenvalue weighted by molar-refractivity contribution is 7.99. The molecule has 0 amide bonds. The van der Waals surface area contributed by atoms with E-state index in [-0.39, 0.29) is 17.4 Å². The zero-order chi connectivity index (χ0) is 14.9. The molecule has 106 valence electrons. The van der Waals surface area contributed by atoms with Gasteiger partial charge in [0.15, 0.2) is 5.16 Å². The summed E-state index contributed by atoms with van der Waals surface area (Å²) in [4.78, 5) is 19.2. The van der Waals surface area contributed by atoms with E-state index >= 15 is 0 Å². The van der Waals surface area contributed by atoms with Crippen LogP contribution in [0.1, 0.15) is 29.8 Å². The van der Waals surface area contributed by atoms with Crippen molar-refractivity contribution in [1.29, 1.82) is 0 Å². The summed E-state index contributed by atoms with van der Waals surface area (Å²) < 4.78 is 13.6. The molecule has 0 saturated carbocycles. The Morgan fingerprint density at radius 1 is 1.35 bits per heavy atom. The summed E-state index contributed by atoms with van der Waals surface area (Å²) in [6.45, 7) is 5.24. The largest absolute Gasteiger partial charge is 0.324 e. The van der Waals surface area contributed by atoms with Gasteiger partial charge in [0, 0.05) is 22.7 Å². The first-order chi connectivity index (χ1) is 9.36. The van der Waals surface area contributed by atoms with Crippen molar-refractivity contribution in [3.63, 3.8) is 0 Å². The summed E-state index contributed by atoms with van der Waals surface area (Å²) in [5, 5.41) is 0.475. The molecule has 2 rings (SSSR count). The van der Waals surface area contributed by atoms with Crippen molar-refractivity contribution in [3.8, 4) is 0 Å². The molecule has 0 saturated heterocycles. The minimum atomic E-state index is -0.302. The second kappa shape index (κ2) is 5.76. The Labute approximate surface area is 120 Å². The van der Waals surface area contributed by atoms with Crippen LogP contribution in [0.5, 0.6) is 0 Å². The predicted octanol–water partition coefficient (Wildman–Crippen LogP) is 2.70. The zero-order valence-corrected chi connectivity index (χ0v) is 12.3. The number of aryl methyl sites for hydroxylation is 2. The highest BCUT2D eigenvalue weighted by Crippen LogP contribution is 2.32. The number of nitrogens with zero attached hydrogens (tertiary/aromatic N) is 1. The van der Waals surface area contributed by atoms with Crippen LogP contribution < -0.4 is 11.3 Å². The molecule has 1 aromatic heterocycles. The summed E-state index contributed by atoms with van der Waals surface area (Å²) in [6.07, 6.45) is 0. The standard InChI is InChI=1S/C14H16FN3OS/c1-7-4-12(10(9(3)16)6-11(7)15)20-14-17-8(2)5-13(19)18-14/h4-6,9H,16H2,1-3H3,(H,17,18,19)/t9-/m1/s1. The molecule has 0 aliphatic heterocycles. The molecule has 0 radical (unpaired) electrons. The minimum Gasteiger partial charge on any atom is -0.324 e. The molecule has 0 unspecified atom stereocenters. The lowest BCUT2D eigenvalue weighted by molar-refractivity contribution is 0.610. The number of hydrogen-bond donors (Lipinski definition) is 2. The molecule has 1 aromatic carbocycles. The van der Waals surface area contributed by atoms with Crippen molar-refractivity contribution in [2.75, 3.05) is 0 Å². The van der Waals surface area contributed by atoms with Gasteiger partial charge in [-0.25, -0.2) is 9.37 Å². The molecular weight excluding hydrogens is 277 g/mol. The third kappa shape index (κ3) is 3.26. The van der Waals surface area contributed by atoms with Crippen molar-refractivity contribution in [3.05, 3.63) is 51.2 Å². The van der Waals surface area contributed by atoms with Gasteiger partial charge in [-0.2, -0.15) is 0 Å². The van der Waals surface area contributed by atoms with Gasteiger partial charge in [0.25, 0.3) is 5.56 Å². The van der Waals surface area contributed by atoms with Crippen LogP contribution >= 0.6 is 11.8 Å². The average molecular weight is 293 g/mol. The highest BCUT2D eigenvalue weighted by Gasteiger charge is 2.13. The number of nitrogens with two attached hydrogens (primary N) is 1. The number of hydrogen-bond acceptors (Lipinski definition) is 4. The van der Waals surface area contributed by atoms with Gasteiger partial charge < -0.3 is 10.7 Å². The molecule has 0 aliphatic rings. The molecule has 3 N–H and O–H groups in total. The van der Waals surface area contributed by atoms with Crippen LogP contribution in [0.2, 0.25) is 0 Å². The second-order valence-electron chi connectivity index (χ2n) is 4.72. The lowest BCUT2D eigenvalue weighted by Gasteiger charge is -2.13. The summed E-state index contributed by atoms with van der Waals surface area (Å²) >= 11 is 1.28. The van der Waals surface area contributed by atoms with Gasteiger partial charge in [0.05, 0.1) is 0 Å². The van der Waals surface area contributed by atoms with Crippen molar-refractivity contribution >= 4 is 11.8 Å². The van der Waals surface area contributed by atoms with Gasteiger partial charge in [0.2, 0.25) is 0 Å². The van der Waals surface area contributed by atoms with E-state index in [0.29, 0.717) is 22.0 Å². The maximum atomic E-state index is 13.6. The lowest BCUT2D eigenvalue weighted by Crippen LogP contribution is -2.10. The van der Waals surface area contributed by atoms with Crippen molar-refractivity contribution in [2.24, 2.45) is 5.73 Å².